The zero-order valence-electron chi connectivity index (χ0n) is 6.81. The van der Waals surface area contributed by atoms with Gasteiger partial charge < -0.3 is 30.6 Å². The molecule has 0 saturated carbocycles. The molecule has 0 rings (SSSR count). The first kappa shape index (κ1) is 16.8. The number of aliphatic hydroxyl groups excluding tert-OH is 4. The van der Waals surface area contributed by atoms with E-state index in [-0.39, 0.29) is 18.9 Å². The summed E-state index contributed by atoms with van der Waals surface area (Å²) in [5.74, 6) is -3.68. The van der Waals surface area contributed by atoms with E-state index in [1.807, 2.05) is 0 Å². The second-order valence-electron chi connectivity index (χ2n) is 2.55. The van der Waals surface area contributed by atoms with Gasteiger partial charge in [-0.15, -0.1) is 0 Å². The fourth-order valence-corrected chi connectivity index (χ4v) is 0.666. The van der Waals surface area contributed by atoms with Gasteiger partial charge in [0, 0.05) is 0 Å². The van der Waals surface area contributed by atoms with Gasteiger partial charge in [0.2, 0.25) is 0 Å². The molecule has 8 nitrogen and oxygen atoms in total. The van der Waals surface area contributed by atoms with Gasteiger partial charge >= 0.3 is 30.8 Å². The quantitative estimate of drug-likeness (QED) is 0.254. The minimum absolute atomic E-state index is 0. The number of carboxylic acids is 2. The Labute approximate surface area is 95.9 Å². The summed E-state index contributed by atoms with van der Waals surface area (Å²) in [5, 5.41) is 51.5. The zero-order chi connectivity index (χ0) is 11.5. The van der Waals surface area contributed by atoms with Gasteiger partial charge in [0.25, 0.3) is 0 Å². The van der Waals surface area contributed by atoms with E-state index in [9.17, 15) is 9.59 Å². The van der Waals surface area contributed by atoms with Gasteiger partial charge in [-0.1, -0.05) is 0 Å². The molecule has 0 aliphatic rings. The van der Waals surface area contributed by atoms with E-state index in [4.69, 9.17) is 30.6 Å². The standard InChI is InChI=1S/C6H10O8.Li.H/c7-1(3(9)5(11)12)2(8)4(10)6(13)14;;/h1-4,7-10H,(H,11,12)(H,13,14);;. The Morgan fingerprint density at radius 2 is 0.933 bits per heavy atom. The molecule has 0 bridgehead atoms. The maximum atomic E-state index is 10.1. The fourth-order valence-electron chi connectivity index (χ4n) is 0.666. The number of carbonyl (C=O) groups is 2. The van der Waals surface area contributed by atoms with Crippen molar-refractivity contribution < 1.29 is 40.2 Å². The van der Waals surface area contributed by atoms with E-state index < -0.39 is 36.4 Å². The van der Waals surface area contributed by atoms with Crippen LogP contribution in [-0.2, 0) is 9.59 Å². The molecule has 0 aromatic rings. The third kappa shape index (κ3) is 4.61. The molecule has 0 radical (unpaired) electrons. The fraction of sp³-hybridized carbons (Fsp3) is 0.667. The Kier molecular flexibility index (Phi) is 7.60. The van der Waals surface area contributed by atoms with Gasteiger partial charge in [0.1, 0.15) is 12.2 Å². The van der Waals surface area contributed by atoms with Crippen LogP contribution in [0.5, 0.6) is 0 Å². The summed E-state index contributed by atoms with van der Waals surface area (Å²) >= 11 is 0. The molecule has 9 heteroatoms. The second-order valence-corrected chi connectivity index (χ2v) is 2.55. The number of hydrogen-bond donors (Lipinski definition) is 6. The molecule has 0 aliphatic heterocycles. The van der Waals surface area contributed by atoms with Crippen LogP contribution < -0.4 is 0 Å². The Balaban J connectivity index is 0. The van der Waals surface area contributed by atoms with Gasteiger partial charge in [0.05, 0.1) is 0 Å². The van der Waals surface area contributed by atoms with Crippen LogP contribution in [0.15, 0.2) is 0 Å². The van der Waals surface area contributed by atoms with E-state index in [2.05, 4.69) is 0 Å². The molecule has 0 aromatic carbocycles. The molecule has 0 aliphatic carbocycles. The van der Waals surface area contributed by atoms with Gasteiger partial charge in [-0.2, -0.15) is 0 Å². The van der Waals surface area contributed by atoms with Crippen molar-refractivity contribution in [1.29, 1.82) is 0 Å². The van der Waals surface area contributed by atoms with E-state index in [1.165, 1.54) is 0 Å². The molecule has 0 spiro atoms. The second kappa shape index (κ2) is 6.79. The van der Waals surface area contributed by atoms with Crippen LogP contribution in [0.4, 0.5) is 0 Å². The number of rotatable bonds is 5. The third-order valence-electron chi connectivity index (χ3n) is 1.50. The predicted molar refractivity (Wildman–Crippen MR) is 46.4 cm³/mol. The number of aliphatic carboxylic acids is 2. The molecule has 6 N–H and O–H groups in total. The first-order chi connectivity index (χ1) is 6.29. The summed E-state index contributed by atoms with van der Waals surface area (Å²) in [6, 6.07) is 0. The van der Waals surface area contributed by atoms with E-state index in [0.29, 0.717) is 0 Å². The van der Waals surface area contributed by atoms with Crippen LogP contribution in [0.3, 0.4) is 0 Å². The van der Waals surface area contributed by atoms with Crippen LogP contribution in [0, 0.1) is 0 Å². The van der Waals surface area contributed by atoms with Crippen LogP contribution in [0.2, 0.25) is 0 Å². The van der Waals surface area contributed by atoms with Crippen LogP contribution in [0.1, 0.15) is 0 Å². The molecule has 0 saturated heterocycles. The van der Waals surface area contributed by atoms with Crippen molar-refractivity contribution in [3.8, 4) is 0 Å². The van der Waals surface area contributed by atoms with Crippen molar-refractivity contribution in [1.82, 2.24) is 0 Å². The van der Waals surface area contributed by atoms with E-state index in [0.717, 1.165) is 0 Å². The van der Waals surface area contributed by atoms with Gasteiger partial charge in [0.15, 0.2) is 12.2 Å². The van der Waals surface area contributed by atoms with Crippen molar-refractivity contribution in [3.05, 3.63) is 0 Å². The summed E-state index contributed by atoms with van der Waals surface area (Å²) in [7, 11) is 0. The average molecular weight is 218 g/mol. The summed E-state index contributed by atoms with van der Waals surface area (Å²) in [6.07, 6.45) is -9.28. The molecule has 0 heterocycles. The van der Waals surface area contributed by atoms with Crippen molar-refractivity contribution >= 4 is 30.8 Å². The molecule has 4 unspecified atom stereocenters. The summed E-state index contributed by atoms with van der Waals surface area (Å²) in [4.78, 5) is 20.2. The van der Waals surface area contributed by atoms with Gasteiger partial charge in [-0.25, -0.2) is 9.59 Å². The zero-order valence-corrected chi connectivity index (χ0v) is 6.81. The average Bonchev–Trinajstić information content (AvgIpc) is 2.12. The van der Waals surface area contributed by atoms with E-state index >= 15 is 0 Å². The Morgan fingerprint density at radius 3 is 1.07 bits per heavy atom. The van der Waals surface area contributed by atoms with Crippen molar-refractivity contribution in [2.45, 2.75) is 24.4 Å². The number of aliphatic hydroxyl groups is 4. The van der Waals surface area contributed by atoms with Gasteiger partial charge in [-0.3, -0.25) is 0 Å². The Morgan fingerprint density at radius 1 is 0.733 bits per heavy atom. The first-order valence-corrected chi connectivity index (χ1v) is 3.47. The summed E-state index contributed by atoms with van der Waals surface area (Å²) in [5.41, 5.74) is 0. The molecule has 84 valence electrons. The molecule has 15 heavy (non-hydrogen) atoms. The first-order valence-electron chi connectivity index (χ1n) is 3.47. The number of carboxylic acid groups (broad SMARTS) is 2. The molecule has 0 amide bonds. The predicted octanol–water partition coefficient (Wildman–Crippen LogP) is -4.05. The van der Waals surface area contributed by atoms with Crippen LogP contribution in [-0.4, -0.2) is 85.9 Å². The molecule has 4 atom stereocenters. The van der Waals surface area contributed by atoms with Crippen LogP contribution in [0.25, 0.3) is 0 Å². The molecule has 0 fully saturated rings. The minimum atomic E-state index is -2.36. The third-order valence-corrected chi connectivity index (χ3v) is 1.50. The van der Waals surface area contributed by atoms with Crippen molar-refractivity contribution in [2.24, 2.45) is 0 Å². The monoisotopic (exact) mass is 218 g/mol. The topological polar surface area (TPSA) is 156 Å². The van der Waals surface area contributed by atoms with Crippen molar-refractivity contribution in [2.75, 3.05) is 0 Å². The van der Waals surface area contributed by atoms with Crippen LogP contribution >= 0.6 is 0 Å². The Hall–Kier alpha value is -0.623. The number of hydrogen-bond acceptors (Lipinski definition) is 6. The SMILES string of the molecule is O=C(O)C(O)C(O)C(O)C(O)C(=O)O.[LiH]. The summed E-state index contributed by atoms with van der Waals surface area (Å²) in [6.45, 7) is 0. The Bertz CT molecular complexity index is 207. The molecule has 0 aromatic heterocycles. The van der Waals surface area contributed by atoms with E-state index in [1.54, 1.807) is 0 Å². The molecular formula is C6H11LiO8. The van der Waals surface area contributed by atoms with Gasteiger partial charge in [-0.05, 0) is 0 Å². The summed E-state index contributed by atoms with van der Waals surface area (Å²) < 4.78 is 0. The maximum absolute atomic E-state index is 10.1. The van der Waals surface area contributed by atoms with Crippen molar-refractivity contribution in [3.63, 3.8) is 0 Å². The molecular weight excluding hydrogens is 207 g/mol. The normalized spacial score (nSPS) is 18.1.